The summed E-state index contributed by atoms with van der Waals surface area (Å²) in [6, 6.07) is 2.66. The molecule has 1 aromatic carbocycles. The Morgan fingerprint density at radius 3 is 2.57 bits per heavy atom. The molecule has 0 aliphatic carbocycles. The molecule has 0 aromatic heterocycles. The zero-order chi connectivity index (χ0) is 17.4. The molecule has 23 heavy (non-hydrogen) atoms. The maximum Gasteiger partial charge on any atom is 0.335 e. The third-order valence-corrected chi connectivity index (χ3v) is 2.94. The van der Waals surface area contributed by atoms with Crippen molar-refractivity contribution in [3.63, 3.8) is 0 Å². The van der Waals surface area contributed by atoms with E-state index in [-0.39, 0.29) is 5.69 Å². The lowest BCUT2D eigenvalue weighted by Gasteiger charge is -2.13. The van der Waals surface area contributed by atoms with Gasteiger partial charge in [0.25, 0.3) is 5.91 Å². The highest BCUT2D eigenvalue weighted by atomic mass is 19.1. The Bertz CT molecular complexity index is 549. The third-order valence-electron chi connectivity index (χ3n) is 2.94. The average molecular weight is 329 g/mol. The van der Waals surface area contributed by atoms with Crippen molar-refractivity contribution >= 4 is 17.6 Å². The summed E-state index contributed by atoms with van der Waals surface area (Å²) in [4.78, 5) is 23.2. The summed E-state index contributed by atoms with van der Waals surface area (Å²) in [7, 11) is 0. The summed E-state index contributed by atoms with van der Waals surface area (Å²) in [6.07, 6.45) is 0.00388. The van der Waals surface area contributed by atoms with Gasteiger partial charge >= 0.3 is 5.97 Å². The van der Waals surface area contributed by atoms with Gasteiger partial charge in [0.1, 0.15) is 11.6 Å². The highest BCUT2D eigenvalue weighted by Crippen LogP contribution is 2.15. The fourth-order valence-corrected chi connectivity index (χ4v) is 1.58. The summed E-state index contributed by atoms with van der Waals surface area (Å²) >= 11 is 0. The quantitative estimate of drug-likeness (QED) is 0.745. The van der Waals surface area contributed by atoms with Crippen LogP contribution in [-0.2, 0) is 19.1 Å². The average Bonchev–Trinajstić information content (AvgIpc) is 2.48. The molecule has 0 aliphatic rings. The van der Waals surface area contributed by atoms with E-state index in [0.29, 0.717) is 12.5 Å². The number of carbonyl (C=O) groups excluding carboxylic acids is 2. The van der Waals surface area contributed by atoms with Gasteiger partial charge in [-0.2, -0.15) is 0 Å². The lowest BCUT2D eigenvalue weighted by Crippen LogP contribution is -2.28. The van der Waals surface area contributed by atoms with Gasteiger partial charge in [0, 0.05) is 12.7 Å². The van der Waals surface area contributed by atoms with Crippen LogP contribution in [0.25, 0.3) is 0 Å². The summed E-state index contributed by atoms with van der Waals surface area (Å²) in [5.41, 5.74) is -0.313. The van der Waals surface area contributed by atoms with Crippen molar-refractivity contribution in [3.05, 3.63) is 29.8 Å². The van der Waals surface area contributed by atoms with Gasteiger partial charge in [0.2, 0.25) is 0 Å². The molecule has 0 saturated heterocycles. The second kappa shape index (κ2) is 9.19. The first-order valence-corrected chi connectivity index (χ1v) is 7.32. The summed E-state index contributed by atoms with van der Waals surface area (Å²) in [5, 5.41) is 2.13. The molecule has 0 fully saturated rings. The molecule has 0 bridgehead atoms. The Morgan fingerprint density at radius 1 is 1.22 bits per heavy atom. The van der Waals surface area contributed by atoms with Crippen LogP contribution in [0.2, 0.25) is 0 Å². The highest BCUT2D eigenvalue weighted by molar-refractivity contribution is 5.93. The van der Waals surface area contributed by atoms with Gasteiger partial charge < -0.3 is 14.8 Å². The Balaban J connectivity index is 2.37. The molecule has 1 amide bonds. The Kier molecular flexibility index (Phi) is 7.61. The van der Waals surface area contributed by atoms with Crippen molar-refractivity contribution in [1.82, 2.24) is 0 Å². The van der Waals surface area contributed by atoms with E-state index in [4.69, 9.17) is 9.47 Å². The number of carbonyl (C=O) groups is 2. The van der Waals surface area contributed by atoms with E-state index in [1.54, 1.807) is 0 Å². The molecule has 0 saturated carbocycles. The van der Waals surface area contributed by atoms with Crippen molar-refractivity contribution in [2.24, 2.45) is 5.92 Å². The molecule has 128 valence electrons. The number of anilines is 1. The van der Waals surface area contributed by atoms with Crippen LogP contribution in [0.4, 0.5) is 14.5 Å². The molecule has 5 nitrogen and oxygen atoms in total. The van der Waals surface area contributed by atoms with Gasteiger partial charge in [-0.05, 0) is 31.4 Å². The second-order valence-corrected chi connectivity index (χ2v) is 5.48. The zero-order valence-electron chi connectivity index (χ0n) is 13.4. The third kappa shape index (κ3) is 7.19. The highest BCUT2D eigenvalue weighted by Gasteiger charge is 2.17. The number of nitrogens with one attached hydrogen (secondary N) is 1. The SMILES string of the molecule is CC(C)CCOC(C)C(=O)OCC(=O)Nc1cc(F)ccc1F. The molecular weight excluding hydrogens is 308 g/mol. The fraction of sp³-hybridized carbons (Fsp3) is 0.500. The lowest BCUT2D eigenvalue weighted by molar-refractivity contribution is -0.158. The molecule has 1 N–H and O–H groups in total. The molecule has 0 heterocycles. The van der Waals surface area contributed by atoms with Crippen LogP contribution >= 0.6 is 0 Å². The minimum atomic E-state index is -0.799. The largest absolute Gasteiger partial charge is 0.454 e. The number of halogens is 2. The van der Waals surface area contributed by atoms with Crippen molar-refractivity contribution in [2.45, 2.75) is 33.3 Å². The van der Waals surface area contributed by atoms with Crippen molar-refractivity contribution in [3.8, 4) is 0 Å². The zero-order valence-corrected chi connectivity index (χ0v) is 13.4. The molecule has 1 rings (SSSR count). The smallest absolute Gasteiger partial charge is 0.335 e. The van der Waals surface area contributed by atoms with Crippen molar-refractivity contribution in [1.29, 1.82) is 0 Å². The number of hydrogen-bond acceptors (Lipinski definition) is 4. The normalized spacial score (nSPS) is 12.1. The maximum atomic E-state index is 13.4. The molecule has 7 heteroatoms. The van der Waals surface area contributed by atoms with E-state index in [0.717, 1.165) is 24.6 Å². The topological polar surface area (TPSA) is 64.6 Å². The number of hydrogen-bond donors (Lipinski definition) is 1. The first-order valence-electron chi connectivity index (χ1n) is 7.32. The van der Waals surface area contributed by atoms with E-state index in [2.05, 4.69) is 5.32 Å². The molecule has 0 radical (unpaired) electrons. The monoisotopic (exact) mass is 329 g/mol. The fourth-order valence-electron chi connectivity index (χ4n) is 1.58. The minimum Gasteiger partial charge on any atom is -0.454 e. The molecular formula is C16H21F2NO4. The van der Waals surface area contributed by atoms with Crippen LogP contribution in [0.15, 0.2) is 18.2 Å². The number of amides is 1. The number of rotatable bonds is 8. The predicted molar refractivity (Wildman–Crippen MR) is 80.8 cm³/mol. The van der Waals surface area contributed by atoms with Crippen LogP contribution in [0, 0.1) is 17.6 Å². The van der Waals surface area contributed by atoms with Crippen LogP contribution in [0.5, 0.6) is 0 Å². The van der Waals surface area contributed by atoms with Gasteiger partial charge in [-0.3, -0.25) is 4.79 Å². The van der Waals surface area contributed by atoms with E-state index >= 15 is 0 Å². The van der Waals surface area contributed by atoms with Crippen LogP contribution in [0.1, 0.15) is 27.2 Å². The van der Waals surface area contributed by atoms with E-state index in [9.17, 15) is 18.4 Å². The number of esters is 1. The van der Waals surface area contributed by atoms with Crippen molar-refractivity contribution in [2.75, 3.05) is 18.5 Å². The molecule has 1 unspecified atom stereocenters. The molecule has 1 aromatic rings. The summed E-state index contributed by atoms with van der Waals surface area (Å²) in [6.45, 7) is 5.39. The lowest BCUT2D eigenvalue weighted by atomic mass is 10.1. The van der Waals surface area contributed by atoms with Crippen LogP contribution in [-0.4, -0.2) is 31.2 Å². The first-order chi connectivity index (χ1) is 10.8. The molecule has 1 atom stereocenters. The Labute approximate surface area is 134 Å². The molecule has 0 aliphatic heterocycles. The van der Waals surface area contributed by atoms with Gasteiger partial charge in [-0.1, -0.05) is 13.8 Å². The van der Waals surface area contributed by atoms with Gasteiger partial charge in [0.15, 0.2) is 12.7 Å². The minimum absolute atomic E-state index is 0.313. The van der Waals surface area contributed by atoms with Gasteiger partial charge in [-0.15, -0.1) is 0 Å². The van der Waals surface area contributed by atoms with Crippen LogP contribution in [0.3, 0.4) is 0 Å². The van der Waals surface area contributed by atoms with Gasteiger partial charge in [-0.25, -0.2) is 13.6 Å². The van der Waals surface area contributed by atoms with Crippen LogP contribution < -0.4 is 5.32 Å². The summed E-state index contributed by atoms with van der Waals surface area (Å²) < 4.78 is 36.4. The second-order valence-electron chi connectivity index (χ2n) is 5.48. The van der Waals surface area contributed by atoms with E-state index in [1.165, 1.54) is 6.92 Å². The number of ether oxygens (including phenoxy) is 2. The van der Waals surface area contributed by atoms with Gasteiger partial charge in [0.05, 0.1) is 5.69 Å². The van der Waals surface area contributed by atoms with E-state index in [1.807, 2.05) is 13.8 Å². The number of benzene rings is 1. The standard InChI is InChI=1S/C16H21F2NO4/c1-10(2)6-7-22-11(3)16(21)23-9-15(20)19-14-8-12(17)4-5-13(14)18/h4-5,8,10-11H,6-7,9H2,1-3H3,(H,19,20). The maximum absolute atomic E-state index is 13.4. The molecule has 0 spiro atoms. The Hall–Kier alpha value is -2.02. The predicted octanol–water partition coefficient (Wildman–Crippen LogP) is 2.90. The Morgan fingerprint density at radius 2 is 1.91 bits per heavy atom. The van der Waals surface area contributed by atoms with Crippen molar-refractivity contribution < 1.29 is 27.8 Å². The first kappa shape index (κ1) is 19.0. The van der Waals surface area contributed by atoms with E-state index < -0.39 is 36.2 Å². The summed E-state index contributed by atoms with van der Waals surface area (Å²) in [5.74, 6) is -2.48.